The molecule has 0 saturated heterocycles. The molecular formula is C16H20N4O2. The highest BCUT2D eigenvalue weighted by atomic mass is 16.2. The Hall–Kier alpha value is -1.72. The maximum atomic E-state index is 12.1. The third-order valence-corrected chi connectivity index (χ3v) is 6.98. The highest BCUT2D eigenvalue weighted by Crippen LogP contribution is 2.72. The van der Waals surface area contributed by atoms with E-state index in [4.69, 9.17) is 9.98 Å². The number of nitrogens with zero attached hydrogens (tertiary/aromatic N) is 2. The highest BCUT2D eigenvalue weighted by molar-refractivity contribution is 6.29. The van der Waals surface area contributed by atoms with Crippen molar-refractivity contribution in [1.82, 2.24) is 10.6 Å². The highest BCUT2D eigenvalue weighted by Gasteiger charge is 2.90. The van der Waals surface area contributed by atoms with Crippen LogP contribution in [0.25, 0.3) is 0 Å². The maximum absolute atomic E-state index is 12.1. The molecule has 6 heteroatoms. The van der Waals surface area contributed by atoms with Crippen LogP contribution in [-0.4, -0.2) is 46.4 Å². The lowest BCUT2D eigenvalue weighted by Gasteiger charge is -2.82. The molecule has 4 atom stereocenters. The van der Waals surface area contributed by atoms with Crippen molar-refractivity contribution in [3.8, 4) is 0 Å². The molecule has 2 heterocycles. The molecule has 0 bridgehead atoms. The van der Waals surface area contributed by atoms with Gasteiger partial charge in [-0.05, 0) is 25.7 Å². The SMILES string of the molecule is O=C1C=NC23CCCCC2(N1)C12CCCCC31N=CC(=O)N2. The first-order valence-electron chi connectivity index (χ1n) is 8.36. The van der Waals surface area contributed by atoms with Gasteiger partial charge < -0.3 is 10.6 Å². The molecule has 0 aromatic heterocycles. The molecule has 3 saturated carbocycles. The quantitative estimate of drug-likeness (QED) is 0.683. The van der Waals surface area contributed by atoms with Crippen LogP contribution in [0.3, 0.4) is 0 Å². The standard InChI is InChI=1S/C16H20N4O2/c21-11-9-17-13-5-1-3-7-15(13,19-11)16-8-4-2-6-14(13,16)18-10-12(22)20-16/h9-10H,1-8H2,(H,19,21)(H,20,22). The number of nitrogens with one attached hydrogen (secondary N) is 2. The van der Waals surface area contributed by atoms with E-state index < -0.39 is 11.1 Å². The number of amides is 2. The molecule has 5 aliphatic rings. The minimum Gasteiger partial charge on any atom is -0.341 e. The summed E-state index contributed by atoms with van der Waals surface area (Å²) >= 11 is 0. The fourth-order valence-electron chi connectivity index (χ4n) is 6.50. The van der Waals surface area contributed by atoms with Crippen molar-refractivity contribution < 1.29 is 9.59 Å². The maximum Gasteiger partial charge on any atom is 0.262 e. The van der Waals surface area contributed by atoms with Crippen LogP contribution >= 0.6 is 0 Å². The molecule has 6 nitrogen and oxygen atoms in total. The van der Waals surface area contributed by atoms with Crippen molar-refractivity contribution in [1.29, 1.82) is 0 Å². The van der Waals surface area contributed by atoms with Crippen molar-refractivity contribution in [2.75, 3.05) is 0 Å². The topological polar surface area (TPSA) is 82.9 Å². The third-order valence-electron chi connectivity index (χ3n) is 6.98. The second kappa shape index (κ2) is 3.60. The monoisotopic (exact) mass is 300 g/mol. The molecule has 0 aromatic rings. The van der Waals surface area contributed by atoms with E-state index in [1.807, 2.05) is 0 Å². The van der Waals surface area contributed by atoms with Gasteiger partial charge in [0, 0.05) is 0 Å². The Labute approximate surface area is 128 Å². The summed E-state index contributed by atoms with van der Waals surface area (Å²) in [4.78, 5) is 33.8. The zero-order chi connectivity index (χ0) is 15.1. The summed E-state index contributed by atoms with van der Waals surface area (Å²) in [6.45, 7) is 0. The molecule has 4 unspecified atom stereocenters. The summed E-state index contributed by atoms with van der Waals surface area (Å²) in [6, 6.07) is 0. The molecule has 0 aromatic carbocycles. The van der Waals surface area contributed by atoms with Gasteiger partial charge in [0.15, 0.2) is 0 Å². The summed E-state index contributed by atoms with van der Waals surface area (Å²) in [5.74, 6) is -0.259. The van der Waals surface area contributed by atoms with Crippen molar-refractivity contribution in [3.63, 3.8) is 0 Å². The van der Waals surface area contributed by atoms with Gasteiger partial charge in [-0.3, -0.25) is 19.6 Å². The summed E-state index contributed by atoms with van der Waals surface area (Å²) in [5, 5.41) is 6.50. The van der Waals surface area contributed by atoms with Gasteiger partial charge in [0.1, 0.15) is 11.1 Å². The first-order chi connectivity index (χ1) is 10.6. The Morgan fingerprint density at radius 1 is 0.727 bits per heavy atom. The van der Waals surface area contributed by atoms with E-state index in [0.717, 1.165) is 51.4 Å². The minimum absolute atomic E-state index is 0.130. The largest absolute Gasteiger partial charge is 0.341 e. The van der Waals surface area contributed by atoms with E-state index >= 15 is 0 Å². The number of carbonyl (C=O) groups is 2. The van der Waals surface area contributed by atoms with Crippen molar-refractivity contribution >= 4 is 24.2 Å². The Balaban J connectivity index is 1.81. The molecule has 5 rings (SSSR count). The van der Waals surface area contributed by atoms with Crippen LogP contribution in [0.15, 0.2) is 9.98 Å². The fraction of sp³-hybridized carbons (Fsp3) is 0.750. The lowest BCUT2D eigenvalue weighted by molar-refractivity contribution is -0.201. The number of rotatable bonds is 0. The molecule has 0 spiro atoms. The van der Waals surface area contributed by atoms with Crippen LogP contribution < -0.4 is 10.6 Å². The second-order valence-corrected chi connectivity index (χ2v) is 7.44. The zero-order valence-corrected chi connectivity index (χ0v) is 12.5. The van der Waals surface area contributed by atoms with Crippen molar-refractivity contribution in [2.24, 2.45) is 9.98 Å². The molecule has 0 radical (unpaired) electrons. The Bertz CT molecular complexity index is 603. The van der Waals surface area contributed by atoms with E-state index in [1.165, 1.54) is 12.4 Å². The fourth-order valence-corrected chi connectivity index (χ4v) is 6.50. The summed E-state index contributed by atoms with van der Waals surface area (Å²) < 4.78 is 0. The van der Waals surface area contributed by atoms with Crippen LogP contribution in [0, 0.1) is 0 Å². The molecule has 2 N–H and O–H groups in total. The van der Waals surface area contributed by atoms with Gasteiger partial charge in [-0.2, -0.15) is 0 Å². The summed E-state index contributed by atoms with van der Waals surface area (Å²) in [5.41, 5.74) is -1.62. The van der Waals surface area contributed by atoms with Crippen LogP contribution in [0.2, 0.25) is 0 Å². The molecule has 22 heavy (non-hydrogen) atoms. The number of carbonyl (C=O) groups excluding carboxylic acids is 2. The molecule has 3 fully saturated rings. The lowest BCUT2D eigenvalue weighted by Crippen LogP contribution is -3.03. The Morgan fingerprint density at radius 2 is 1.14 bits per heavy atom. The minimum atomic E-state index is -0.447. The summed E-state index contributed by atoms with van der Waals surface area (Å²) in [6.07, 6.45) is 10.9. The van der Waals surface area contributed by atoms with Gasteiger partial charge in [-0.15, -0.1) is 0 Å². The van der Waals surface area contributed by atoms with Gasteiger partial charge in [-0.1, -0.05) is 25.7 Å². The van der Waals surface area contributed by atoms with Gasteiger partial charge >= 0.3 is 0 Å². The molecule has 3 aliphatic carbocycles. The Morgan fingerprint density at radius 3 is 1.59 bits per heavy atom. The van der Waals surface area contributed by atoms with Crippen LogP contribution in [-0.2, 0) is 9.59 Å². The predicted molar refractivity (Wildman–Crippen MR) is 81.1 cm³/mol. The zero-order valence-electron chi connectivity index (χ0n) is 12.5. The van der Waals surface area contributed by atoms with Gasteiger partial charge in [-0.25, -0.2) is 0 Å². The van der Waals surface area contributed by atoms with Gasteiger partial charge in [0.2, 0.25) is 0 Å². The predicted octanol–water partition coefficient (Wildman–Crippen LogP) is 0.504. The first kappa shape index (κ1) is 12.8. The molecule has 2 aliphatic heterocycles. The van der Waals surface area contributed by atoms with Gasteiger partial charge in [0.05, 0.1) is 23.5 Å². The molecule has 116 valence electrons. The number of aliphatic imine (C=N–C) groups is 2. The second-order valence-electron chi connectivity index (χ2n) is 7.44. The first-order valence-corrected chi connectivity index (χ1v) is 8.36. The van der Waals surface area contributed by atoms with E-state index in [-0.39, 0.29) is 22.9 Å². The normalized spacial score (nSPS) is 51.5. The number of hydrogen-bond acceptors (Lipinski definition) is 4. The molecule has 2 amide bonds. The smallest absolute Gasteiger partial charge is 0.262 e. The van der Waals surface area contributed by atoms with Crippen molar-refractivity contribution in [3.05, 3.63) is 0 Å². The van der Waals surface area contributed by atoms with Crippen molar-refractivity contribution in [2.45, 2.75) is 73.5 Å². The van der Waals surface area contributed by atoms with Crippen LogP contribution in [0.5, 0.6) is 0 Å². The van der Waals surface area contributed by atoms with E-state index in [1.54, 1.807) is 0 Å². The third kappa shape index (κ3) is 0.989. The van der Waals surface area contributed by atoms with Gasteiger partial charge in [0.25, 0.3) is 11.8 Å². The average Bonchev–Trinajstić information content (AvgIpc) is 2.53. The van der Waals surface area contributed by atoms with E-state index in [9.17, 15) is 9.59 Å². The average molecular weight is 300 g/mol. The van der Waals surface area contributed by atoms with E-state index in [2.05, 4.69) is 10.6 Å². The van der Waals surface area contributed by atoms with E-state index in [0.29, 0.717) is 0 Å². The lowest BCUT2D eigenvalue weighted by atomic mass is 9.31. The number of hydrogen-bond donors (Lipinski definition) is 2. The van der Waals surface area contributed by atoms with Crippen LogP contribution in [0.4, 0.5) is 0 Å². The van der Waals surface area contributed by atoms with Crippen LogP contribution in [0.1, 0.15) is 51.4 Å². The Kier molecular flexibility index (Phi) is 2.09. The molecular weight excluding hydrogens is 280 g/mol. The summed E-state index contributed by atoms with van der Waals surface area (Å²) in [7, 11) is 0.